The summed E-state index contributed by atoms with van der Waals surface area (Å²) in [7, 11) is 0. The molecule has 1 N–H and O–H groups in total. The third-order valence-electron chi connectivity index (χ3n) is 2.96. The maximum absolute atomic E-state index is 5.55. The summed E-state index contributed by atoms with van der Waals surface area (Å²) in [6.45, 7) is 6.09. The van der Waals surface area contributed by atoms with Crippen molar-refractivity contribution in [3.63, 3.8) is 0 Å². The van der Waals surface area contributed by atoms with Gasteiger partial charge in [-0.1, -0.05) is 0 Å². The van der Waals surface area contributed by atoms with Crippen LogP contribution < -0.4 is 10.2 Å². The molecular formula is C12H15N3O. The first-order valence-corrected chi connectivity index (χ1v) is 5.66. The Hall–Kier alpha value is -1.55. The van der Waals surface area contributed by atoms with Crippen LogP contribution in [-0.2, 0) is 0 Å². The maximum Gasteiger partial charge on any atom is 0.192 e. The van der Waals surface area contributed by atoms with Crippen LogP contribution >= 0.6 is 0 Å². The molecule has 4 nitrogen and oxygen atoms in total. The number of nitrogens with one attached hydrogen (secondary N) is 1. The van der Waals surface area contributed by atoms with E-state index in [0.717, 1.165) is 43.2 Å². The summed E-state index contributed by atoms with van der Waals surface area (Å²) in [4.78, 5) is 6.67. The maximum atomic E-state index is 5.55. The summed E-state index contributed by atoms with van der Waals surface area (Å²) in [6.07, 6.45) is 0. The Labute approximate surface area is 94.3 Å². The van der Waals surface area contributed by atoms with E-state index in [9.17, 15) is 0 Å². The van der Waals surface area contributed by atoms with Crippen LogP contribution in [-0.4, -0.2) is 31.2 Å². The number of nitrogens with zero attached hydrogens (tertiary/aromatic N) is 2. The number of anilines is 1. The molecule has 1 aromatic heterocycles. The van der Waals surface area contributed by atoms with Crippen molar-refractivity contribution < 1.29 is 4.42 Å². The Bertz CT molecular complexity index is 500. The molecular weight excluding hydrogens is 202 g/mol. The van der Waals surface area contributed by atoms with Crippen LogP contribution in [0, 0.1) is 6.92 Å². The molecule has 0 amide bonds. The number of aryl methyl sites for hydroxylation is 1. The average molecular weight is 217 g/mol. The fraction of sp³-hybridized carbons (Fsp3) is 0.417. The van der Waals surface area contributed by atoms with Gasteiger partial charge in [0, 0.05) is 44.9 Å². The van der Waals surface area contributed by atoms with E-state index in [1.54, 1.807) is 0 Å². The minimum absolute atomic E-state index is 0.729. The standard InChI is InChI=1S/C12H15N3O/c1-9-14-11-3-2-10(8-12(11)16-9)15-6-4-13-5-7-15/h2-3,8,13H,4-7H2,1H3. The van der Waals surface area contributed by atoms with Crippen LogP contribution in [0.25, 0.3) is 11.1 Å². The lowest BCUT2D eigenvalue weighted by molar-refractivity contribution is 0.560. The predicted octanol–water partition coefficient (Wildman–Crippen LogP) is 1.55. The van der Waals surface area contributed by atoms with E-state index in [0.29, 0.717) is 0 Å². The van der Waals surface area contributed by atoms with Crippen LogP contribution in [0.5, 0.6) is 0 Å². The van der Waals surface area contributed by atoms with Crippen molar-refractivity contribution in [1.29, 1.82) is 0 Å². The van der Waals surface area contributed by atoms with Crippen molar-refractivity contribution in [3.05, 3.63) is 24.1 Å². The van der Waals surface area contributed by atoms with Gasteiger partial charge in [-0.15, -0.1) is 0 Å². The monoisotopic (exact) mass is 217 g/mol. The van der Waals surface area contributed by atoms with Gasteiger partial charge in [-0.2, -0.15) is 0 Å². The van der Waals surface area contributed by atoms with Gasteiger partial charge in [-0.25, -0.2) is 4.98 Å². The zero-order valence-corrected chi connectivity index (χ0v) is 9.36. The third kappa shape index (κ3) is 1.65. The predicted molar refractivity (Wildman–Crippen MR) is 63.8 cm³/mol. The largest absolute Gasteiger partial charge is 0.441 e. The van der Waals surface area contributed by atoms with Gasteiger partial charge in [0.2, 0.25) is 0 Å². The van der Waals surface area contributed by atoms with Crippen LogP contribution in [0.3, 0.4) is 0 Å². The molecule has 16 heavy (non-hydrogen) atoms. The zero-order valence-electron chi connectivity index (χ0n) is 9.36. The second-order valence-electron chi connectivity index (χ2n) is 4.12. The van der Waals surface area contributed by atoms with Gasteiger partial charge in [0.25, 0.3) is 0 Å². The number of fused-ring (bicyclic) bond motifs is 1. The Morgan fingerprint density at radius 2 is 2.12 bits per heavy atom. The molecule has 1 aliphatic heterocycles. The molecule has 1 saturated heterocycles. The van der Waals surface area contributed by atoms with Crippen LogP contribution in [0.2, 0.25) is 0 Å². The van der Waals surface area contributed by atoms with Crippen molar-refractivity contribution in [2.45, 2.75) is 6.92 Å². The lowest BCUT2D eigenvalue weighted by Crippen LogP contribution is -2.43. The molecule has 0 aliphatic carbocycles. The Morgan fingerprint density at radius 3 is 2.94 bits per heavy atom. The first kappa shape index (κ1) is 9.66. The summed E-state index contributed by atoms with van der Waals surface area (Å²) in [5.41, 5.74) is 3.05. The molecule has 2 heterocycles. The molecule has 0 saturated carbocycles. The Morgan fingerprint density at radius 1 is 1.31 bits per heavy atom. The molecule has 0 spiro atoms. The quantitative estimate of drug-likeness (QED) is 0.786. The highest BCUT2D eigenvalue weighted by molar-refractivity contribution is 5.77. The summed E-state index contributed by atoms with van der Waals surface area (Å²) < 4.78 is 5.55. The van der Waals surface area contributed by atoms with Crippen molar-refractivity contribution in [3.8, 4) is 0 Å². The van der Waals surface area contributed by atoms with E-state index in [-0.39, 0.29) is 0 Å². The highest BCUT2D eigenvalue weighted by atomic mass is 16.3. The van der Waals surface area contributed by atoms with Gasteiger partial charge >= 0.3 is 0 Å². The van der Waals surface area contributed by atoms with E-state index in [2.05, 4.69) is 27.3 Å². The van der Waals surface area contributed by atoms with Gasteiger partial charge in [0.15, 0.2) is 11.5 Å². The number of hydrogen-bond donors (Lipinski definition) is 1. The van der Waals surface area contributed by atoms with E-state index >= 15 is 0 Å². The minimum atomic E-state index is 0.729. The smallest absolute Gasteiger partial charge is 0.192 e. The highest BCUT2D eigenvalue weighted by Gasteiger charge is 2.12. The van der Waals surface area contributed by atoms with E-state index < -0.39 is 0 Å². The molecule has 2 aromatic rings. The zero-order chi connectivity index (χ0) is 11.0. The number of aromatic nitrogens is 1. The van der Waals surface area contributed by atoms with E-state index in [4.69, 9.17) is 4.42 Å². The van der Waals surface area contributed by atoms with Gasteiger partial charge in [0.05, 0.1) is 0 Å². The molecule has 3 rings (SSSR count). The molecule has 0 bridgehead atoms. The average Bonchev–Trinajstić information content (AvgIpc) is 2.69. The number of rotatable bonds is 1. The topological polar surface area (TPSA) is 41.3 Å². The van der Waals surface area contributed by atoms with Gasteiger partial charge < -0.3 is 14.6 Å². The molecule has 4 heteroatoms. The van der Waals surface area contributed by atoms with Crippen LogP contribution in [0.15, 0.2) is 22.6 Å². The van der Waals surface area contributed by atoms with Crippen LogP contribution in [0.4, 0.5) is 5.69 Å². The van der Waals surface area contributed by atoms with Gasteiger partial charge in [-0.05, 0) is 12.1 Å². The summed E-state index contributed by atoms with van der Waals surface area (Å²) in [6, 6.07) is 6.24. The lowest BCUT2D eigenvalue weighted by Gasteiger charge is -2.29. The second-order valence-corrected chi connectivity index (χ2v) is 4.12. The fourth-order valence-electron chi connectivity index (χ4n) is 2.15. The molecule has 0 atom stereocenters. The van der Waals surface area contributed by atoms with Crippen molar-refractivity contribution in [2.24, 2.45) is 0 Å². The molecule has 0 radical (unpaired) electrons. The Balaban J connectivity index is 1.97. The second kappa shape index (κ2) is 3.79. The number of piperazine rings is 1. The van der Waals surface area contributed by atoms with Crippen molar-refractivity contribution in [1.82, 2.24) is 10.3 Å². The number of oxazole rings is 1. The summed E-state index contributed by atoms with van der Waals surface area (Å²) in [5.74, 6) is 0.729. The van der Waals surface area contributed by atoms with E-state index in [1.165, 1.54) is 5.69 Å². The fourth-order valence-corrected chi connectivity index (χ4v) is 2.15. The minimum Gasteiger partial charge on any atom is -0.441 e. The highest BCUT2D eigenvalue weighted by Crippen LogP contribution is 2.22. The summed E-state index contributed by atoms with van der Waals surface area (Å²) >= 11 is 0. The SMILES string of the molecule is Cc1nc2ccc(N3CCNCC3)cc2o1. The molecule has 84 valence electrons. The van der Waals surface area contributed by atoms with Crippen LogP contribution in [0.1, 0.15) is 5.89 Å². The normalized spacial score (nSPS) is 16.9. The summed E-state index contributed by atoms with van der Waals surface area (Å²) in [5, 5.41) is 3.35. The molecule has 0 unspecified atom stereocenters. The first-order chi connectivity index (χ1) is 7.83. The number of benzene rings is 1. The van der Waals surface area contributed by atoms with Gasteiger partial charge in [0.1, 0.15) is 5.52 Å². The Kier molecular flexibility index (Phi) is 2.29. The lowest BCUT2D eigenvalue weighted by atomic mass is 10.2. The number of hydrogen-bond acceptors (Lipinski definition) is 4. The molecule has 1 aliphatic rings. The van der Waals surface area contributed by atoms with E-state index in [1.807, 2.05) is 13.0 Å². The molecule has 1 fully saturated rings. The molecule has 1 aromatic carbocycles. The van der Waals surface area contributed by atoms with Gasteiger partial charge in [-0.3, -0.25) is 0 Å². The third-order valence-corrected chi connectivity index (χ3v) is 2.96. The van der Waals surface area contributed by atoms with Crippen molar-refractivity contribution in [2.75, 3.05) is 31.1 Å². The van der Waals surface area contributed by atoms with Crippen molar-refractivity contribution >= 4 is 16.8 Å². The first-order valence-electron chi connectivity index (χ1n) is 5.66.